The second-order valence-electron chi connectivity index (χ2n) is 7.61. The zero-order chi connectivity index (χ0) is 23.9. The molecule has 34 heavy (non-hydrogen) atoms. The number of aromatic nitrogens is 1. The summed E-state index contributed by atoms with van der Waals surface area (Å²) in [7, 11) is -3.59. The molecule has 170 valence electrons. The molecule has 9 nitrogen and oxygen atoms in total. The number of benzene rings is 3. The van der Waals surface area contributed by atoms with Crippen LogP contribution >= 0.6 is 10.8 Å². The van der Waals surface area contributed by atoms with Crippen LogP contribution in [0.2, 0.25) is 0 Å². The number of amidine groups is 1. The number of nitriles is 1. The third kappa shape index (κ3) is 3.64. The van der Waals surface area contributed by atoms with Gasteiger partial charge in [0.25, 0.3) is 5.56 Å². The fourth-order valence-electron chi connectivity index (χ4n) is 3.86. The summed E-state index contributed by atoms with van der Waals surface area (Å²) in [5.41, 5.74) is 4.30. The predicted molar refractivity (Wildman–Crippen MR) is 132 cm³/mol. The van der Waals surface area contributed by atoms with Crippen molar-refractivity contribution in [1.82, 2.24) is 4.68 Å². The molecular weight excluding hydrogens is 454 g/mol. The highest BCUT2D eigenvalue weighted by molar-refractivity contribution is 8.23. The molecule has 4 aromatic rings. The van der Waals surface area contributed by atoms with E-state index in [-0.39, 0.29) is 28.6 Å². The Labute approximate surface area is 195 Å². The van der Waals surface area contributed by atoms with Gasteiger partial charge in [-0.05, 0) is 42.0 Å². The zero-order valence-corrected chi connectivity index (χ0v) is 18.5. The molecule has 5 N–H and O–H groups in total. The fourth-order valence-corrected chi connectivity index (χ4v) is 5.03. The standard InChI is InChI=1S/C24H19N5O4S/c25-13-15-6-5-7-16(12-15)14-26-29-19-10-3-1-8-17(19)22(30)21(24(29)31)23-27-18-9-2-4-11-20(18)34(32,33)28-23/h1-12,26,30,32-33H,14H2,(H,27,28). The second kappa shape index (κ2) is 8.24. The topological polar surface area (TPSA) is 143 Å². The van der Waals surface area contributed by atoms with Crippen molar-refractivity contribution in [2.75, 3.05) is 10.7 Å². The average molecular weight is 474 g/mol. The maximum absolute atomic E-state index is 13.6. The molecule has 1 aliphatic rings. The first-order chi connectivity index (χ1) is 16.4. The Hall–Kier alpha value is -4.30. The summed E-state index contributed by atoms with van der Waals surface area (Å²) < 4.78 is 26.5. The Morgan fingerprint density at radius 2 is 1.82 bits per heavy atom. The van der Waals surface area contributed by atoms with Crippen LogP contribution in [0.1, 0.15) is 16.7 Å². The molecule has 0 saturated heterocycles. The molecule has 0 fully saturated rings. The summed E-state index contributed by atoms with van der Waals surface area (Å²) in [4.78, 5) is 13.8. The van der Waals surface area contributed by atoms with Crippen molar-refractivity contribution < 1.29 is 14.2 Å². The summed E-state index contributed by atoms with van der Waals surface area (Å²) >= 11 is 0. The maximum Gasteiger partial charge on any atom is 0.284 e. The van der Waals surface area contributed by atoms with Crippen LogP contribution in [0.5, 0.6) is 5.75 Å². The van der Waals surface area contributed by atoms with E-state index in [0.29, 0.717) is 22.2 Å². The normalized spacial score (nSPS) is 14.9. The summed E-state index contributed by atoms with van der Waals surface area (Å²) in [6.07, 6.45) is 0. The number of fused-ring (bicyclic) bond motifs is 2. The van der Waals surface area contributed by atoms with E-state index in [1.165, 1.54) is 10.7 Å². The van der Waals surface area contributed by atoms with E-state index in [0.717, 1.165) is 5.56 Å². The summed E-state index contributed by atoms with van der Waals surface area (Å²) in [6, 6.07) is 22.4. The van der Waals surface area contributed by atoms with Gasteiger partial charge in [-0.25, -0.2) is 4.68 Å². The predicted octanol–water partition coefficient (Wildman–Crippen LogP) is 4.22. The number of hydrogen-bond acceptors (Lipinski definition) is 8. The molecule has 0 unspecified atom stereocenters. The number of aromatic hydroxyl groups is 1. The molecule has 3 aromatic carbocycles. The smallest absolute Gasteiger partial charge is 0.284 e. The lowest BCUT2D eigenvalue weighted by molar-refractivity contribution is 0.478. The molecule has 0 spiro atoms. The van der Waals surface area contributed by atoms with E-state index >= 15 is 0 Å². The minimum absolute atomic E-state index is 0.144. The Balaban J connectivity index is 1.65. The Bertz CT molecular complexity index is 1570. The summed E-state index contributed by atoms with van der Waals surface area (Å²) in [6.45, 7) is 0.224. The van der Waals surface area contributed by atoms with Gasteiger partial charge in [-0.2, -0.15) is 5.26 Å². The van der Waals surface area contributed by atoms with Crippen LogP contribution in [0.4, 0.5) is 5.69 Å². The van der Waals surface area contributed by atoms with Gasteiger partial charge in [-0.3, -0.25) is 13.9 Å². The van der Waals surface area contributed by atoms with Gasteiger partial charge in [0, 0.05) is 5.39 Å². The highest BCUT2D eigenvalue weighted by atomic mass is 32.3. The van der Waals surface area contributed by atoms with E-state index in [2.05, 4.69) is 21.2 Å². The zero-order valence-electron chi connectivity index (χ0n) is 17.6. The minimum Gasteiger partial charge on any atom is -0.506 e. The Morgan fingerprint density at radius 3 is 2.65 bits per heavy atom. The molecule has 0 bridgehead atoms. The average Bonchev–Trinajstić information content (AvgIpc) is 2.84. The quantitative estimate of drug-likeness (QED) is 0.299. The number of pyridine rings is 1. The van der Waals surface area contributed by atoms with Crippen molar-refractivity contribution >= 4 is 33.2 Å². The van der Waals surface area contributed by atoms with E-state index < -0.39 is 16.3 Å². The van der Waals surface area contributed by atoms with Gasteiger partial charge in [0.15, 0.2) is 5.84 Å². The number of hydrogen-bond donors (Lipinski definition) is 5. The summed E-state index contributed by atoms with van der Waals surface area (Å²) in [5.74, 6) is -0.472. The molecule has 1 aromatic heterocycles. The lowest BCUT2D eigenvalue weighted by atomic mass is 10.1. The molecule has 0 amide bonds. The molecule has 0 atom stereocenters. The SMILES string of the molecule is N#Cc1cccc(CNn2c(=O)c(C3=NS(O)(O)c4ccccc4N3)c(O)c3ccccc32)c1. The van der Waals surface area contributed by atoms with Gasteiger partial charge < -0.3 is 15.8 Å². The number of anilines is 1. The van der Waals surface area contributed by atoms with Gasteiger partial charge >= 0.3 is 0 Å². The molecular formula is C24H19N5O4S. The first-order valence-electron chi connectivity index (χ1n) is 10.2. The second-order valence-corrected chi connectivity index (χ2v) is 9.27. The molecule has 0 saturated carbocycles. The summed E-state index contributed by atoms with van der Waals surface area (Å²) in [5, 5.41) is 23.5. The minimum atomic E-state index is -3.59. The number of para-hydroxylation sites is 2. The van der Waals surface area contributed by atoms with Gasteiger partial charge in [0.2, 0.25) is 0 Å². The fraction of sp³-hybridized carbons (Fsp3) is 0.0417. The highest BCUT2D eigenvalue weighted by Gasteiger charge is 2.30. The molecule has 10 heteroatoms. The van der Waals surface area contributed by atoms with Gasteiger partial charge in [-0.1, -0.05) is 47.2 Å². The van der Waals surface area contributed by atoms with Crippen LogP contribution in [0.25, 0.3) is 10.9 Å². The van der Waals surface area contributed by atoms with Crippen molar-refractivity contribution in [2.24, 2.45) is 4.40 Å². The Kier molecular flexibility index (Phi) is 5.22. The van der Waals surface area contributed by atoms with Crippen LogP contribution in [0.15, 0.2) is 86.9 Å². The van der Waals surface area contributed by atoms with E-state index in [4.69, 9.17) is 5.26 Å². The molecule has 2 heterocycles. The molecule has 5 rings (SSSR count). The van der Waals surface area contributed by atoms with Crippen molar-refractivity contribution in [2.45, 2.75) is 11.4 Å². The van der Waals surface area contributed by atoms with Gasteiger partial charge in [0.1, 0.15) is 16.2 Å². The number of nitrogens with one attached hydrogen (secondary N) is 2. The van der Waals surface area contributed by atoms with Crippen molar-refractivity contribution in [3.05, 3.63) is 99.8 Å². The lowest BCUT2D eigenvalue weighted by Gasteiger charge is -2.34. The van der Waals surface area contributed by atoms with Gasteiger partial charge in [0.05, 0.1) is 29.4 Å². The van der Waals surface area contributed by atoms with E-state index in [1.54, 1.807) is 60.7 Å². The van der Waals surface area contributed by atoms with Crippen molar-refractivity contribution in [1.29, 1.82) is 5.26 Å². The van der Waals surface area contributed by atoms with Crippen molar-refractivity contribution in [3.63, 3.8) is 0 Å². The largest absolute Gasteiger partial charge is 0.506 e. The monoisotopic (exact) mass is 473 g/mol. The van der Waals surface area contributed by atoms with E-state index in [1.807, 2.05) is 6.07 Å². The third-order valence-corrected chi connectivity index (χ3v) is 6.83. The lowest BCUT2D eigenvalue weighted by Crippen LogP contribution is -2.36. The van der Waals surface area contributed by atoms with Crippen molar-refractivity contribution in [3.8, 4) is 11.8 Å². The van der Waals surface area contributed by atoms with Gasteiger partial charge in [-0.15, -0.1) is 4.40 Å². The Morgan fingerprint density at radius 1 is 1.06 bits per heavy atom. The highest BCUT2D eigenvalue weighted by Crippen LogP contribution is 2.55. The van der Waals surface area contributed by atoms with Crippen LogP contribution in [0.3, 0.4) is 0 Å². The molecule has 0 aliphatic carbocycles. The molecule has 0 radical (unpaired) electrons. The van der Waals surface area contributed by atoms with Crippen LogP contribution in [0, 0.1) is 11.3 Å². The van der Waals surface area contributed by atoms with Crippen LogP contribution in [-0.4, -0.2) is 24.7 Å². The first kappa shape index (κ1) is 21.5. The maximum atomic E-state index is 13.6. The van der Waals surface area contributed by atoms with Crippen LogP contribution < -0.4 is 16.3 Å². The molecule has 1 aliphatic heterocycles. The number of rotatable bonds is 4. The van der Waals surface area contributed by atoms with E-state index in [9.17, 15) is 19.0 Å². The third-order valence-electron chi connectivity index (χ3n) is 5.44. The number of nitrogens with zero attached hydrogens (tertiary/aromatic N) is 3. The first-order valence-corrected chi connectivity index (χ1v) is 11.7. The van der Waals surface area contributed by atoms with Crippen LogP contribution in [-0.2, 0) is 6.54 Å².